The van der Waals surface area contributed by atoms with Gasteiger partial charge in [-0.15, -0.1) is 0 Å². The van der Waals surface area contributed by atoms with Crippen LogP contribution in [0.5, 0.6) is 0 Å². The molecule has 1 fully saturated rings. The second-order valence-electron chi connectivity index (χ2n) is 5.03. The average molecular weight is 241 g/mol. The Balaban J connectivity index is 2.56. The lowest BCUT2D eigenvalue weighted by Gasteiger charge is -2.28. The van der Waals surface area contributed by atoms with Gasteiger partial charge in [0.1, 0.15) is 0 Å². The highest BCUT2D eigenvalue weighted by Crippen LogP contribution is 2.30. The largest absolute Gasteiger partial charge is 0.481 e. The van der Waals surface area contributed by atoms with Crippen molar-refractivity contribution in [2.75, 3.05) is 0 Å². The molecule has 2 N–H and O–H groups in total. The lowest BCUT2D eigenvalue weighted by atomic mass is 9.78. The summed E-state index contributed by atoms with van der Waals surface area (Å²) >= 11 is 0. The fourth-order valence-corrected chi connectivity index (χ4v) is 2.60. The lowest BCUT2D eigenvalue weighted by molar-refractivity contribution is -0.149. The Labute approximate surface area is 103 Å². The van der Waals surface area contributed by atoms with Gasteiger partial charge in [-0.05, 0) is 26.2 Å². The van der Waals surface area contributed by atoms with Gasteiger partial charge in [0.25, 0.3) is 0 Å². The van der Waals surface area contributed by atoms with E-state index in [2.05, 4.69) is 12.2 Å². The van der Waals surface area contributed by atoms with Crippen molar-refractivity contribution in [3.8, 4) is 0 Å². The van der Waals surface area contributed by atoms with Gasteiger partial charge in [0.05, 0.1) is 11.8 Å². The minimum Gasteiger partial charge on any atom is -0.481 e. The zero-order chi connectivity index (χ0) is 12.8. The summed E-state index contributed by atoms with van der Waals surface area (Å²) in [4.78, 5) is 23.1. The van der Waals surface area contributed by atoms with Gasteiger partial charge in [-0.3, -0.25) is 9.59 Å². The normalized spacial score (nSPS) is 26.2. The first-order chi connectivity index (χ1) is 8.06. The summed E-state index contributed by atoms with van der Waals surface area (Å²) in [6, 6.07) is 0.142. The number of carboxylic acids is 1. The molecule has 0 aliphatic heterocycles. The quantitative estimate of drug-likeness (QED) is 0.775. The molecule has 1 saturated carbocycles. The van der Waals surface area contributed by atoms with E-state index in [1.165, 1.54) is 0 Å². The van der Waals surface area contributed by atoms with Crippen LogP contribution in [0.2, 0.25) is 0 Å². The molecule has 1 rings (SSSR count). The minimum atomic E-state index is -0.826. The molecule has 0 saturated heterocycles. The lowest BCUT2D eigenvalue weighted by Crippen LogP contribution is -2.43. The molecular formula is C13H23NO3. The third kappa shape index (κ3) is 4.02. The molecule has 0 aromatic heterocycles. The molecule has 0 heterocycles. The molecule has 98 valence electrons. The second-order valence-corrected chi connectivity index (χ2v) is 5.03. The van der Waals surface area contributed by atoms with Crippen molar-refractivity contribution in [1.29, 1.82) is 0 Å². The molecule has 3 atom stereocenters. The van der Waals surface area contributed by atoms with Crippen molar-refractivity contribution in [2.45, 2.75) is 58.4 Å². The maximum Gasteiger partial charge on any atom is 0.307 e. The van der Waals surface area contributed by atoms with Crippen LogP contribution >= 0.6 is 0 Å². The molecule has 1 unspecified atom stereocenters. The van der Waals surface area contributed by atoms with Crippen molar-refractivity contribution in [3.05, 3.63) is 0 Å². The fourth-order valence-electron chi connectivity index (χ4n) is 2.60. The van der Waals surface area contributed by atoms with Crippen molar-refractivity contribution >= 4 is 11.9 Å². The molecule has 4 heteroatoms. The Morgan fingerprint density at radius 3 is 2.41 bits per heavy atom. The Morgan fingerprint density at radius 2 is 1.88 bits per heavy atom. The van der Waals surface area contributed by atoms with E-state index in [0.29, 0.717) is 12.8 Å². The molecule has 4 nitrogen and oxygen atoms in total. The number of carbonyl (C=O) groups excluding carboxylic acids is 1. The van der Waals surface area contributed by atoms with Crippen LogP contribution < -0.4 is 5.32 Å². The van der Waals surface area contributed by atoms with E-state index in [-0.39, 0.29) is 17.9 Å². The molecule has 1 aliphatic carbocycles. The van der Waals surface area contributed by atoms with Crippen LogP contribution in [0, 0.1) is 11.8 Å². The summed E-state index contributed by atoms with van der Waals surface area (Å²) in [6.45, 7) is 4.04. The highest BCUT2D eigenvalue weighted by Gasteiger charge is 2.35. The zero-order valence-corrected chi connectivity index (χ0v) is 10.7. The van der Waals surface area contributed by atoms with Gasteiger partial charge < -0.3 is 10.4 Å². The smallest absolute Gasteiger partial charge is 0.307 e. The van der Waals surface area contributed by atoms with Crippen LogP contribution in [-0.2, 0) is 9.59 Å². The highest BCUT2D eigenvalue weighted by atomic mass is 16.4. The number of aliphatic carboxylic acids is 1. The number of amides is 1. The third-order valence-electron chi connectivity index (χ3n) is 3.53. The van der Waals surface area contributed by atoms with E-state index in [9.17, 15) is 9.59 Å². The minimum absolute atomic E-state index is 0.0712. The van der Waals surface area contributed by atoms with Crippen LogP contribution in [-0.4, -0.2) is 23.0 Å². The van der Waals surface area contributed by atoms with Gasteiger partial charge >= 0.3 is 5.97 Å². The number of hydrogen-bond acceptors (Lipinski definition) is 2. The number of nitrogens with one attached hydrogen (secondary N) is 1. The van der Waals surface area contributed by atoms with Crippen molar-refractivity contribution in [2.24, 2.45) is 11.8 Å². The summed E-state index contributed by atoms with van der Waals surface area (Å²) in [5.74, 6) is -1.72. The van der Waals surface area contributed by atoms with Gasteiger partial charge in [0.2, 0.25) is 5.91 Å². The van der Waals surface area contributed by atoms with Crippen LogP contribution in [0.4, 0.5) is 0 Å². The van der Waals surface area contributed by atoms with E-state index < -0.39 is 11.9 Å². The van der Waals surface area contributed by atoms with E-state index in [4.69, 9.17) is 5.11 Å². The maximum atomic E-state index is 12.0. The number of carboxylic acid groups (broad SMARTS) is 1. The van der Waals surface area contributed by atoms with E-state index in [1.54, 1.807) is 0 Å². The first-order valence-electron chi connectivity index (χ1n) is 6.59. The zero-order valence-electron chi connectivity index (χ0n) is 10.7. The summed E-state index contributed by atoms with van der Waals surface area (Å²) in [5, 5.41) is 12.0. The van der Waals surface area contributed by atoms with Crippen LogP contribution in [0.25, 0.3) is 0 Å². The Bertz CT molecular complexity index is 278. The number of carbonyl (C=O) groups is 2. The predicted molar refractivity (Wildman–Crippen MR) is 65.6 cm³/mol. The van der Waals surface area contributed by atoms with E-state index in [0.717, 1.165) is 25.7 Å². The van der Waals surface area contributed by atoms with Crippen LogP contribution in [0.15, 0.2) is 0 Å². The Kier molecular flexibility index (Phi) is 5.45. The summed E-state index contributed by atoms with van der Waals surface area (Å²) < 4.78 is 0. The van der Waals surface area contributed by atoms with E-state index >= 15 is 0 Å². The molecule has 0 aromatic carbocycles. The van der Waals surface area contributed by atoms with Gasteiger partial charge in [-0.2, -0.15) is 0 Å². The average Bonchev–Trinajstić information content (AvgIpc) is 2.29. The first kappa shape index (κ1) is 14.0. The molecule has 0 bridgehead atoms. The molecule has 1 aliphatic rings. The molecule has 17 heavy (non-hydrogen) atoms. The summed E-state index contributed by atoms with van der Waals surface area (Å²) in [5.41, 5.74) is 0. The van der Waals surface area contributed by atoms with Crippen molar-refractivity contribution in [3.63, 3.8) is 0 Å². The molecule has 0 aromatic rings. The predicted octanol–water partition coefficient (Wildman–Crippen LogP) is 2.18. The summed E-state index contributed by atoms with van der Waals surface area (Å²) in [6.07, 6.45) is 5.19. The monoisotopic (exact) mass is 241 g/mol. The third-order valence-corrected chi connectivity index (χ3v) is 3.53. The van der Waals surface area contributed by atoms with Gasteiger partial charge in [0, 0.05) is 6.04 Å². The first-order valence-corrected chi connectivity index (χ1v) is 6.59. The topological polar surface area (TPSA) is 66.4 Å². The van der Waals surface area contributed by atoms with E-state index in [1.807, 2.05) is 6.92 Å². The Morgan fingerprint density at radius 1 is 1.29 bits per heavy atom. The van der Waals surface area contributed by atoms with Crippen LogP contribution in [0.3, 0.4) is 0 Å². The Hall–Kier alpha value is -1.06. The fraction of sp³-hybridized carbons (Fsp3) is 0.846. The van der Waals surface area contributed by atoms with Gasteiger partial charge in [-0.25, -0.2) is 0 Å². The standard InChI is InChI=1S/C13H23NO3/c1-3-6-9(2)14-12(15)10-7-4-5-8-11(10)13(16)17/h9-11H,3-8H2,1-2H3,(H,14,15)(H,16,17)/t9?,10-,11+/m1/s1. The number of rotatable bonds is 5. The maximum absolute atomic E-state index is 12.0. The SMILES string of the molecule is CCCC(C)NC(=O)[C@@H]1CCCC[C@@H]1C(=O)O. The molecule has 0 spiro atoms. The summed E-state index contributed by atoms with van der Waals surface area (Å²) in [7, 11) is 0. The molecule has 1 amide bonds. The van der Waals surface area contributed by atoms with Crippen molar-refractivity contribution < 1.29 is 14.7 Å². The van der Waals surface area contributed by atoms with Crippen molar-refractivity contribution in [1.82, 2.24) is 5.32 Å². The van der Waals surface area contributed by atoms with Gasteiger partial charge in [-0.1, -0.05) is 26.2 Å². The van der Waals surface area contributed by atoms with Gasteiger partial charge in [0.15, 0.2) is 0 Å². The second kappa shape index (κ2) is 6.62. The van der Waals surface area contributed by atoms with Crippen LogP contribution in [0.1, 0.15) is 52.4 Å². The number of hydrogen-bond donors (Lipinski definition) is 2. The molecule has 0 radical (unpaired) electrons. The molecular weight excluding hydrogens is 218 g/mol. The highest BCUT2D eigenvalue weighted by molar-refractivity contribution is 5.85.